The number of hydrogen-bond acceptors (Lipinski definition) is 4. The molecule has 2 N–H and O–H groups in total. The van der Waals surface area contributed by atoms with Crippen molar-refractivity contribution in [2.45, 2.75) is 19.1 Å². The van der Waals surface area contributed by atoms with Crippen molar-refractivity contribution in [3.8, 4) is 5.75 Å². The van der Waals surface area contributed by atoms with E-state index in [-0.39, 0.29) is 5.75 Å². The van der Waals surface area contributed by atoms with Gasteiger partial charge in [-0.3, -0.25) is 4.98 Å². The number of aromatic hydroxyl groups is 1. The zero-order valence-corrected chi connectivity index (χ0v) is 17.0. The Labute approximate surface area is 181 Å². The Bertz CT molecular complexity index is 1240. The van der Waals surface area contributed by atoms with Crippen LogP contribution < -0.4 is 5.32 Å². The number of pyridine rings is 2. The van der Waals surface area contributed by atoms with Crippen LogP contribution in [-0.2, 0) is 6.18 Å². The van der Waals surface area contributed by atoms with Crippen LogP contribution in [0.2, 0.25) is 5.02 Å². The minimum absolute atomic E-state index is 0.106. The summed E-state index contributed by atoms with van der Waals surface area (Å²) in [6.07, 6.45) is -2.91. The molecule has 0 aliphatic carbocycles. The van der Waals surface area contributed by atoms with Crippen LogP contribution in [0.15, 0.2) is 66.9 Å². The van der Waals surface area contributed by atoms with Crippen LogP contribution in [-0.4, -0.2) is 15.1 Å². The number of alkyl halides is 3. The summed E-state index contributed by atoms with van der Waals surface area (Å²) in [5.41, 5.74) is 1.18. The number of halogens is 4. The number of benzene rings is 2. The smallest absolute Gasteiger partial charge is 0.416 e. The van der Waals surface area contributed by atoms with Crippen LogP contribution in [0.1, 0.15) is 28.4 Å². The van der Waals surface area contributed by atoms with Crippen molar-refractivity contribution >= 4 is 28.3 Å². The average molecular weight is 444 g/mol. The number of phenols is 1. The van der Waals surface area contributed by atoms with Gasteiger partial charge in [0.2, 0.25) is 0 Å². The molecule has 1 atom stereocenters. The van der Waals surface area contributed by atoms with Crippen molar-refractivity contribution < 1.29 is 18.3 Å². The predicted molar refractivity (Wildman–Crippen MR) is 114 cm³/mol. The van der Waals surface area contributed by atoms with Gasteiger partial charge in [0.15, 0.2) is 0 Å². The first-order chi connectivity index (χ1) is 14.7. The van der Waals surface area contributed by atoms with E-state index < -0.39 is 17.8 Å². The molecule has 31 heavy (non-hydrogen) atoms. The lowest BCUT2D eigenvalue weighted by molar-refractivity contribution is -0.137. The number of hydrogen-bond donors (Lipinski definition) is 2. The number of aromatic nitrogens is 2. The normalized spacial score (nSPS) is 12.7. The molecule has 0 fully saturated rings. The fourth-order valence-corrected chi connectivity index (χ4v) is 3.67. The van der Waals surface area contributed by atoms with E-state index in [1.165, 1.54) is 18.3 Å². The molecule has 2 aromatic carbocycles. The van der Waals surface area contributed by atoms with E-state index in [0.717, 1.165) is 17.8 Å². The van der Waals surface area contributed by atoms with Crippen molar-refractivity contribution in [2.24, 2.45) is 0 Å². The molecule has 0 aliphatic rings. The average Bonchev–Trinajstić information content (AvgIpc) is 2.74. The molecule has 4 rings (SSSR count). The van der Waals surface area contributed by atoms with Gasteiger partial charge in [0.1, 0.15) is 17.1 Å². The summed E-state index contributed by atoms with van der Waals surface area (Å²) in [5, 5.41) is 15.1. The Balaban J connectivity index is 1.87. The Kier molecular flexibility index (Phi) is 5.45. The maximum atomic E-state index is 13.0. The van der Waals surface area contributed by atoms with Crippen molar-refractivity contribution in [1.82, 2.24) is 9.97 Å². The van der Waals surface area contributed by atoms with Crippen molar-refractivity contribution in [2.75, 3.05) is 5.32 Å². The summed E-state index contributed by atoms with van der Waals surface area (Å²) < 4.78 is 39.1. The highest BCUT2D eigenvalue weighted by molar-refractivity contribution is 6.35. The van der Waals surface area contributed by atoms with Gasteiger partial charge in [0.05, 0.1) is 16.6 Å². The van der Waals surface area contributed by atoms with E-state index in [4.69, 9.17) is 11.6 Å². The fraction of sp³-hybridized carbons (Fsp3) is 0.130. The largest absolute Gasteiger partial charge is 0.505 e. The lowest BCUT2D eigenvalue weighted by Gasteiger charge is -2.23. The molecule has 0 spiro atoms. The van der Waals surface area contributed by atoms with E-state index in [9.17, 15) is 18.3 Å². The van der Waals surface area contributed by atoms with Crippen molar-refractivity contribution in [3.05, 3.63) is 94.3 Å². The van der Waals surface area contributed by atoms with E-state index in [1.807, 2.05) is 19.1 Å². The van der Waals surface area contributed by atoms with Gasteiger partial charge in [0, 0.05) is 22.8 Å². The highest BCUT2D eigenvalue weighted by Crippen LogP contribution is 2.40. The topological polar surface area (TPSA) is 58.0 Å². The monoisotopic (exact) mass is 443 g/mol. The lowest BCUT2D eigenvalue weighted by atomic mass is 9.95. The molecule has 2 heterocycles. The number of phenolic OH excluding ortho intramolecular Hbond substituents is 1. The van der Waals surface area contributed by atoms with Gasteiger partial charge < -0.3 is 10.4 Å². The summed E-state index contributed by atoms with van der Waals surface area (Å²) >= 11 is 6.44. The Morgan fingerprint density at radius 3 is 2.45 bits per heavy atom. The van der Waals surface area contributed by atoms with Crippen LogP contribution >= 0.6 is 11.6 Å². The zero-order chi connectivity index (χ0) is 22.2. The van der Waals surface area contributed by atoms with Gasteiger partial charge in [-0.2, -0.15) is 13.2 Å². The standard InChI is InChI=1S/C23H17ClF3N3O/c1-13-4-2-6-19(29-13)30-20(14-7-9-15(10-8-14)23(25,26)27)17-12-18(24)16-5-3-11-28-21(16)22(17)31/h2-12,20,31H,1H3,(H,29,30)/t20-/m1/s1. The molecule has 0 saturated carbocycles. The summed E-state index contributed by atoms with van der Waals surface area (Å²) in [5.74, 6) is 0.395. The molecule has 2 aromatic heterocycles. The van der Waals surface area contributed by atoms with E-state index in [1.54, 1.807) is 24.3 Å². The molecular formula is C23H17ClF3N3O. The van der Waals surface area contributed by atoms with Crippen LogP contribution in [0.4, 0.5) is 19.0 Å². The van der Waals surface area contributed by atoms with Crippen LogP contribution in [0.25, 0.3) is 10.9 Å². The number of rotatable bonds is 4. The van der Waals surface area contributed by atoms with Gasteiger partial charge in [0.25, 0.3) is 0 Å². The van der Waals surface area contributed by atoms with Crippen LogP contribution in [0.3, 0.4) is 0 Å². The number of fused-ring (bicyclic) bond motifs is 1. The Morgan fingerprint density at radius 2 is 1.77 bits per heavy atom. The Hall–Kier alpha value is -3.32. The van der Waals surface area contributed by atoms with Gasteiger partial charge in [-0.05, 0) is 55.0 Å². The highest BCUT2D eigenvalue weighted by Gasteiger charge is 2.31. The molecule has 0 amide bonds. The molecular weight excluding hydrogens is 427 g/mol. The minimum atomic E-state index is -4.45. The third-order valence-electron chi connectivity index (χ3n) is 4.91. The Morgan fingerprint density at radius 1 is 1.03 bits per heavy atom. The fourth-order valence-electron chi connectivity index (χ4n) is 3.40. The summed E-state index contributed by atoms with van der Waals surface area (Å²) in [7, 11) is 0. The first-order valence-corrected chi connectivity index (χ1v) is 9.75. The second kappa shape index (κ2) is 8.07. The summed E-state index contributed by atoms with van der Waals surface area (Å²) in [4.78, 5) is 8.63. The molecule has 0 unspecified atom stereocenters. The number of nitrogens with zero attached hydrogens (tertiary/aromatic N) is 2. The maximum Gasteiger partial charge on any atom is 0.416 e. The second-order valence-corrected chi connectivity index (χ2v) is 7.46. The number of nitrogens with one attached hydrogen (secondary N) is 1. The number of anilines is 1. The molecule has 4 aromatic rings. The van der Waals surface area contributed by atoms with Gasteiger partial charge in [-0.15, -0.1) is 0 Å². The first-order valence-electron chi connectivity index (χ1n) is 9.37. The first kappa shape index (κ1) is 20.9. The molecule has 0 saturated heterocycles. The molecule has 0 radical (unpaired) electrons. The van der Waals surface area contributed by atoms with Crippen molar-refractivity contribution in [1.29, 1.82) is 0 Å². The summed E-state index contributed by atoms with van der Waals surface area (Å²) in [6, 6.07) is 14.4. The molecule has 158 valence electrons. The van der Waals surface area contributed by atoms with E-state index >= 15 is 0 Å². The summed E-state index contributed by atoms with van der Waals surface area (Å²) in [6.45, 7) is 1.83. The molecule has 0 bridgehead atoms. The second-order valence-electron chi connectivity index (χ2n) is 7.06. The molecule has 4 nitrogen and oxygen atoms in total. The zero-order valence-electron chi connectivity index (χ0n) is 16.3. The lowest BCUT2D eigenvalue weighted by Crippen LogP contribution is -2.15. The van der Waals surface area contributed by atoms with E-state index in [2.05, 4.69) is 15.3 Å². The quantitative estimate of drug-likeness (QED) is 0.377. The highest BCUT2D eigenvalue weighted by atomic mass is 35.5. The molecule has 0 aliphatic heterocycles. The van der Waals surface area contributed by atoms with Gasteiger partial charge >= 0.3 is 6.18 Å². The number of aryl methyl sites for hydroxylation is 1. The SMILES string of the molecule is Cc1cccc(N[C@H](c2ccc(C(F)(F)F)cc2)c2cc(Cl)c3cccnc3c2O)n1. The van der Waals surface area contributed by atoms with Crippen LogP contribution in [0.5, 0.6) is 5.75 Å². The third kappa shape index (κ3) is 4.27. The van der Waals surface area contributed by atoms with Crippen LogP contribution in [0, 0.1) is 6.92 Å². The minimum Gasteiger partial charge on any atom is -0.505 e. The molecule has 8 heteroatoms. The van der Waals surface area contributed by atoms with Gasteiger partial charge in [-0.1, -0.05) is 29.8 Å². The predicted octanol–water partition coefficient (Wildman–Crippen LogP) is 6.52. The third-order valence-corrected chi connectivity index (χ3v) is 5.22. The van der Waals surface area contributed by atoms with Crippen molar-refractivity contribution in [3.63, 3.8) is 0 Å². The van der Waals surface area contributed by atoms with E-state index in [0.29, 0.717) is 32.9 Å². The maximum absolute atomic E-state index is 13.0. The van der Waals surface area contributed by atoms with Gasteiger partial charge in [-0.25, -0.2) is 4.98 Å².